The summed E-state index contributed by atoms with van der Waals surface area (Å²) < 4.78 is 37.7. The van der Waals surface area contributed by atoms with Gasteiger partial charge < -0.3 is 44.6 Å². The van der Waals surface area contributed by atoms with Gasteiger partial charge >= 0.3 is 11.9 Å². The topological polar surface area (TPSA) is 208 Å². The lowest BCUT2D eigenvalue weighted by atomic mass is 9.80. The third-order valence-corrected chi connectivity index (χ3v) is 10.5. The van der Waals surface area contributed by atoms with Crippen molar-refractivity contribution in [3.63, 3.8) is 0 Å². The largest absolute Gasteiger partial charge is 0.497 e. The van der Waals surface area contributed by atoms with Crippen LogP contribution in [0.4, 0.5) is 5.82 Å². The van der Waals surface area contributed by atoms with Gasteiger partial charge in [0.15, 0.2) is 23.8 Å². The number of rotatable bonds is 16. The third kappa shape index (κ3) is 9.94. The summed E-state index contributed by atoms with van der Waals surface area (Å²) in [6, 6.07) is 32.2. The van der Waals surface area contributed by atoms with Crippen LogP contribution >= 0.6 is 0 Å². The van der Waals surface area contributed by atoms with Gasteiger partial charge in [0.25, 0.3) is 0 Å². The van der Waals surface area contributed by atoms with Gasteiger partial charge in [0.1, 0.15) is 59.2 Å². The number of hydrogen-bond acceptors (Lipinski definition) is 14. The Bertz CT molecular complexity index is 2450. The Balaban J connectivity index is 1.24. The van der Waals surface area contributed by atoms with Crippen LogP contribution in [0.5, 0.6) is 11.5 Å². The zero-order chi connectivity index (χ0) is 44.7. The quantitative estimate of drug-likeness (QED) is 0.0661. The molecule has 328 valence electrons. The first-order valence-corrected chi connectivity index (χ1v) is 20.3. The Hall–Kier alpha value is -6.88. The fourth-order valence-electron chi connectivity index (χ4n) is 7.56. The molecule has 4 N–H and O–H groups in total. The number of aliphatic hydroxyl groups is 1. The standard InChI is InChI=1S/C47H50N6O10/c1-46(2,3)63-38(55)25-37(54)52-35(24-29-12-8-6-9-13-29)45(57)62-41-40(56)36(61-44(41)53-28-51-39-42(48)49-27-50-43(39)53)26-60-47(30-14-10-7-11-15-30,31-16-20-33(58-4)21-17-31)32-18-22-34(59-5)23-19-32/h6-23,27-28,35-36,40-41,44,56H,24-26H2,1-5H3,(H,52,54)(H2,48,49,50)/t35-,36+,40+,41+,44+/m0/s1. The first-order chi connectivity index (χ1) is 30.3. The molecule has 0 aliphatic carbocycles. The van der Waals surface area contributed by atoms with Gasteiger partial charge in [-0.2, -0.15) is 0 Å². The van der Waals surface area contributed by atoms with Crippen molar-refractivity contribution in [2.45, 2.75) is 75.4 Å². The molecule has 4 aromatic carbocycles. The Labute approximate surface area is 364 Å². The molecule has 2 aromatic heterocycles. The first kappa shape index (κ1) is 44.2. The van der Waals surface area contributed by atoms with Gasteiger partial charge in [-0.1, -0.05) is 84.9 Å². The molecule has 0 radical (unpaired) electrons. The molecule has 16 heteroatoms. The van der Waals surface area contributed by atoms with E-state index in [1.54, 1.807) is 59.3 Å². The van der Waals surface area contributed by atoms with Crippen LogP contribution in [0.3, 0.4) is 0 Å². The summed E-state index contributed by atoms with van der Waals surface area (Å²) in [6.45, 7) is 4.83. The monoisotopic (exact) mass is 858 g/mol. The first-order valence-electron chi connectivity index (χ1n) is 20.3. The van der Waals surface area contributed by atoms with E-state index >= 15 is 0 Å². The van der Waals surface area contributed by atoms with Gasteiger partial charge in [0.2, 0.25) is 5.91 Å². The van der Waals surface area contributed by atoms with Crippen molar-refractivity contribution in [1.82, 2.24) is 24.8 Å². The minimum atomic E-state index is -1.51. The molecule has 6 aromatic rings. The molecule has 0 spiro atoms. The maximum absolute atomic E-state index is 14.4. The van der Waals surface area contributed by atoms with Crippen molar-refractivity contribution in [3.8, 4) is 11.5 Å². The van der Waals surface area contributed by atoms with E-state index in [-0.39, 0.29) is 30.0 Å². The number of ether oxygens (including phenoxy) is 6. The Morgan fingerprint density at radius 1 is 0.825 bits per heavy atom. The normalized spacial score (nSPS) is 18.1. The van der Waals surface area contributed by atoms with Crippen LogP contribution in [0, 0.1) is 0 Å². The Morgan fingerprint density at radius 2 is 1.41 bits per heavy atom. The number of nitrogen functional groups attached to an aromatic ring is 1. The van der Waals surface area contributed by atoms with Crippen molar-refractivity contribution in [2.75, 3.05) is 26.6 Å². The number of aromatic nitrogens is 4. The average molecular weight is 859 g/mol. The van der Waals surface area contributed by atoms with Crippen LogP contribution in [0.1, 0.15) is 55.7 Å². The van der Waals surface area contributed by atoms with Crippen LogP contribution < -0.4 is 20.5 Å². The van der Waals surface area contributed by atoms with Gasteiger partial charge in [-0.05, 0) is 67.3 Å². The highest BCUT2D eigenvalue weighted by Crippen LogP contribution is 2.43. The number of imidazole rings is 1. The van der Waals surface area contributed by atoms with Gasteiger partial charge in [-0.3, -0.25) is 14.2 Å². The Kier molecular flexibility index (Phi) is 13.3. The van der Waals surface area contributed by atoms with E-state index in [2.05, 4.69) is 20.3 Å². The second kappa shape index (κ2) is 19.0. The van der Waals surface area contributed by atoms with Crippen molar-refractivity contribution in [2.24, 2.45) is 0 Å². The van der Waals surface area contributed by atoms with E-state index in [4.69, 9.17) is 34.2 Å². The number of benzene rings is 4. The molecule has 0 bridgehead atoms. The number of hydrogen-bond donors (Lipinski definition) is 3. The van der Waals surface area contributed by atoms with Gasteiger partial charge in [0, 0.05) is 6.42 Å². The van der Waals surface area contributed by atoms with Gasteiger partial charge in [-0.25, -0.2) is 19.7 Å². The van der Waals surface area contributed by atoms with Crippen LogP contribution in [0.15, 0.2) is 122 Å². The minimum absolute atomic E-state index is 0.00168. The molecule has 7 rings (SSSR count). The molecule has 0 saturated carbocycles. The van der Waals surface area contributed by atoms with E-state index in [0.717, 1.165) is 16.7 Å². The third-order valence-electron chi connectivity index (χ3n) is 10.5. The molecule has 1 fully saturated rings. The number of nitrogens with two attached hydrogens (primary N) is 1. The molecular formula is C47H50N6O10. The Morgan fingerprint density at radius 3 is 2.00 bits per heavy atom. The number of fused-ring (bicyclic) bond motifs is 1. The molecule has 16 nitrogen and oxygen atoms in total. The lowest BCUT2D eigenvalue weighted by Crippen LogP contribution is -2.47. The fourth-order valence-corrected chi connectivity index (χ4v) is 7.56. The average Bonchev–Trinajstić information content (AvgIpc) is 3.84. The summed E-state index contributed by atoms with van der Waals surface area (Å²) in [5, 5.41) is 14.9. The summed E-state index contributed by atoms with van der Waals surface area (Å²) in [6.07, 6.45) is -3.23. The highest BCUT2D eigenvalue weighted by molar-refractivity contribution is 5.96. The van der Waals surface area contributed by atoms with E-state index in [1.165, 1.54) is 17.2 Å². The van der Waals surface area contributed by atoms with Crippen LogP contribution in [-0.2, 0) is 45.4 Å². The number of anilines is 1. The SMILES string of the molecule is COc1ccc(C(OC[C@H]2O[C@@H](n3cnc4c(N)ncnc43)[C@H](OC(=O)[C@H](Cc3ccccc3)NC(=O)CC(=O)OC(C)(C)C)[C@@H]2O)(c2ccccc2)c2ccc(OC)cc2)cc1. The number of amides is 1. The maximum Gasteiger partial charge on any atom is 0.329 e. The predicted octanol–water partition coefficient (Wildman–Crippen LogP) is 5.06. The second-order valence-electron chi connectivity index (χ2n) is 15.9. The van der Waals surface area contributed by atoms with Gasteiger partial charge in [0.05, 0.1) is 27.2 Å². The maximum atomic E-state index is 14.4. The molecule has 3 heterocycles. The molecule has 1 aliphatic heterocycles. The summed E-state index contributed by atoms with van der Waals surface area (Å²) >= 11 is 0. The van der Waals surface area contributed by atoms with Crippen molar-refractivity contribution < 1.29 is 47.9 Å². The smallest absolute Gasteiger partial charge is 0.329 e. The van der Waals surface area contributed by atoms with E-state index in [0.29, 0.717) is 17.1 Å². The molecule has 63 heavy (non-hydrogen) atoms. The van der Waals surface area contributed by atoms with Crippen LogP contribution in [0.25, 0.3) is 11.2 Å². The highest BCUT2D eigenvalue weighted by atomic mass is 16.6. The molecule has 1 aliphatic rings. The van der Waals surface area contributed by atoms with E-state index < -0.39 is 66.1 Å². The molecule has 5 atom stereocenters. The zero-order valence-electron chi connectivity index (χ0n) is 35.5. The van der Waals surface area contributed by atoms with Crippen LogP contribution in [0.2, 0.25) is 0 Å². The van der Waals surface area contributed by atoms with Crippen molar-refractivity contribution in [3.05, 3.63) is 144 Å². The minimum Gasteiger partial charge on any atom is -0.497 e. The number of esters is 2. The molecule has 1 amide bonds. The fraction of sp³-hybridized carbons (Fsp3) is 0.319. The highest BCUT2D eigenvalue weighted by Gasteiger charge is 2.50. The van der Waals surface area contributed by atoms with E-state index in [9.17, 15) is 19.5 Å². The summed E-state index contributed by atoms with van der Waals surface area (Å²) in [5.41, 5.74) is 7.51. The molecule has 0 unspecified atom stereocenters. The van der Waals surface area contributed by atoms with Crippen molar-refractivity contribution >= 4 is 34.8 Å². The summed E-state index contributed by atoms with van der Waals surface area (Å²) in [4.78, 5) is 53.1. The van der Waals surface area contributed by atoms with Crippen LogP contribution in [-0.4, -0.2) is 93.3 Å². The summed E-state index contributed by atoms with van der Waals surface area (Å²) in [7, 11) is 3.17. The number of carbonyl (C=O) groups excluding carboxylic acids is 3. The lowest BCUT2D eigenvalue weighted by molar-refractivity contribution is -0.163. The summed E-state index contributed by atoms with van der Waals surface area (Å²) in [5.74, 6) is -1.03. The van der Waals surface area contributed by atoms with Crippen molar-refractivity contribution in [1.29, 1.82) is 0 Å². The number of aliphatic hydroxyl groups excluding tert-OH is 1. The molecule has 1 saturated heterocycles. The second-order valence-corrected chi connectivity index (χ2v) is 15.9. The number of nitrogens with zero attached hydrogens (tertiary/aromatic N) is 4. The van der Waals surface area contributed by atoms with E-state index in [1.807, 2.05) is 84.9 Å². The number of methoxy groups -OCH3 is 2. The predicted molar refractivity (Wildman–Crippen MR) is 230 cm³/mol. The number of carbonyl (C=O) groups is 3. The number of nitrogens with one attached hydrogen (secondary N) is 1. The zero-order valence-corrected chi connectivity index (χ0v) is 35.5. The molecular weight excluding hydrogens is 809 g/mol. The van der Waals surface area contributed by atoms with Gasteiger partial charge in [-0.15, -0.1) is 0 Å². The lowest BCUT2D eigenvalue weighted by Gasteiger charge is -2.37.